The molecule has 4 aromatic heterocycles. The van der Waals surface area contributed by atoms with Gasteiger partial charge in [-0.25, -0.2) is 9.97 Å². The summed E-state index contributed by atoms with van der Waals surface area (Å²) >= 11 is 0. The predicted octanol–water partition coefficient (Wildman–Crippen LogP) is 5.39. The first-order chi connectivity index (χ1) is 13.7. The summed E-state index contributed by atoms with van der Waals surface area (Å²) < 4.78 is 8.24. The molecule has 0 radical (unpaired) electrons. The van der Waals surface area contributed by atoms with Crippen LogP contribution in [0.5, 0.6) is 0 Å². The molecule has 0 N–H and O–H groups in total. The largest absolute Gasteiger partial charge is 0.437 e. The fraction of sp³-hybridized carbons (Fsp3) is 0.0870. The quantitative estimate of drug-likeness (QED) is 0.392. The van der Waals surface area contributed by atoms with Crippen LogP contribution in [0.15, 0.2) is 65.2 Å². The molecular weight excluding hydrogens is 348 g/mol. The van der Waals surface area contributed by atoms with Crippen molar-refractivity contribution in [3.05, 3.63) is 66.5 Å². The van der Waals surface area contributed by atoms with E-state index < -0.39 is 0 Å². The summed E-state index contributed by atoms with van der Waals surface area (Å²) in [5, 5.41) is 3.17. The number of rotatable bonds is 1. The second-order valence-electron chi connectivity index (χ2n) is 7.09. The SMILES string of the molecule is Cc1ccc2c(ccc3nc(-c4cccc5c4oc4ncccc45)n(C)c32)n1. The Bertz CT molecular complexity index is 1540. The molecule has 5 nitrogen and oxygen atoms in total. The summed E-state index contributed by atoms with van der Waals surface area (Å²) in [6, 6.07) is 18.4. The summed E-state index contributed by atoms with van der Waals surface area (Å²) in [6.45, 7) is 2.01. The number of para-hydroxylation sites is 1. The highest BCUT2D eigenvalue weighted by Gasteiger charge is 2.18. The number of imidazole rings is 1. The Morgan fingerprint density at radius 3 is 2.61 bits per heavy atom. The molecule has 0 unspecified atom stereocenters. The average molecular weight is 364 g/mol. The van der Waals surface area contributed by atoms with Crippen molar-refractivity contribution in [1.29, 1.82) is 0 Å². The van der Waals surface area contributed by atoms with E-state index in [1.807, 2.05) is 50.4 Å². The van der Waals surface area contributed by atoms with Gasteiger partial charge in [0.25, 0.3) is 0 Å². The number of aromatic nitrogens is 4. The molecule has 0 fully saturated rings. The monoisotopic (exact) mass is 364 g/mol. The Balaban J connectivity index is 1.71. The minimum Gasteiger partial charge on any atom is -0.437 e. The molecule has 0 aliphatic carbocycles. The minimum absolute atomic E-state index is 0.647. The summed E-state index contributed by atoms with van der Waals surface area (Å²) in [5.74, 6) is 0.868. The number of fused-ring (bicyclic) bond motifs is 6. The molecule has 28 heavy (non-hydrogen) atoms. The van der Waals surface area contributed by atoms with Gasteiger partial charge in [-0.1, -0.05) is 12.1 Å². The van der Waals surface area contributed by atoms with Gasteiger partial charge in [0.1, 0.15) is 11.4 Å². The zero-order valence-corrected chi connectivity index (χ0v) is 15.5. The molecule has 0 saturated carbocycles. The molecule has 0 atom stereocenters. The van der Waals surface area contributed by atoms with Crippen molar-refractivity contribution < 1.29 is 4.42 Å². The highest BCUT2D eigenvalue weighted by molar-refractivity contribution is 6.09. The van der Waals surface area contributed by atoms with E-state index in [4.69, 9.17) is 9.40 Å². The maximum Gasteiger partial charge on any atom is 0.227 e. The van der Waals surface area contributed by atoms with E-state index in [-0.39, 0.29) is 0 Å². The first-order valence-electron chi connectivity index (χ1n) is 9.20. The van der Waals surface area contributed by atoms with Crippen molar-refractivity contribution in [2.75, 3.05) is 0 Å². The van der Waals surface area contributed by atoms with E-state index in [0.717, 1.165) is 55.4 Å². The number of hydrogen-bond donors (Lipinski definition) is 0. The lowest BCUT2D eigenvalue weighted by Crippen LogP contribution is -1.94. The van der Waals surface area contributed by atoms with Crippen molar-refractivity contribution in [2.24, 2.45) is 7.05 Å². The molecule has 4 heterocycles. The molecule has 0 spiro atoms. The van der Waals surface area contributed by atoms with Crippen LogP contribution < -0.4 is 0 Å². The van der Waals surface area contributed by atoms with E-state index in [2.05, 4.69) is 32.7 Å². The topological polar surface area (TPSA) is 56.7 Å². The zero-order valence-electron chi connectivity index (χ0n) is 15.5. The molecular formula is C23H16N4O. The molecule has 0 aliphatic heterocycles. The van der Waals surface area contributed by atoms with Gasteiger partial charge in [-0.3, -0.25) is 4.98 Å². The summed E-state index contributed by atoms with van der Waals surface area (Å²) in [7, 11) is 2.05. The summed E-state index contributed by atoms with van der Waals surface area (Å²) in [6.07, 6.45) is 1.75. The average Bonchev–Trinajstić information content (AvgIpc) is 3.26. The van der Waals surface area contributed by atoms with Crippen molar-refractivity contribution in [2.45, 2.75) is 6.92 Å². The van der Waals surface area contributed by atoms with Crippen LogP contribution in [0.25, 0.3) is 55.4 Å². The third kappa shape index (κ3) is 1.98. The van der Waals surface area contributed by atoms with E-state index in [1.54, 1.807) is 6.20 Å². The second kappa shape index (κ2) is 5.39. The van der Waals surface area contributed by atoms with Crippen molar-refractivity contribution in [3.63, 3.8) is 0 Å². The van der Waals surface area contributed by atoms with Crippen LogP contribution in [0.2, 0.25) is 0 Å². The normalized spacial score (nSPS) is 11.9. The van der Waals surface area contributed by atoms with Gasteiger partial charge in [0.2, 0.25) is 5.71 Å². The first kappa shape index (κ1) is 15.3. The molecule has 0 amide bonds. The van der Waals surface area contributed by atoms with Gasteiger partial charge in [0, 0.05) is 35.1 Å². The lowest BCUT2D eigenvalue weighted by atomic mass is 10.1. The van der Waals surface area contributed by atoms with E-state index in [1.165, 1.54) is 0 Å². The Morgan fingerprint density at radius 1 is 0.821 bits per heavy atom. The predicted molar refractivity (Wildman–Crippen MR) is 111 cm³/mol. The van der Waals surface area contributed by atoms with Crippen LogP contribution in [0.4, 0.5) is 0 Å². The fourth-order valence-electron chi connectivity index (χ4n) is 4.07. The maximum atomic E-state index is 6.12. The number of aryl methyl sites for hydroxylation is 2. The van der Waals surface area contributed by atoms with Gasteiger partial charge in [-0.05, 0) is 49.4 Å². The van der Waals surface area contributed by atoms with E-state index in [9.17, 15) is 0 Å². The second-order valence-corrected chi connectivity index (χ2v) is 7.09. The van der Waals surface area contributed by atoms with Crippen LogP contribution >= 0.6 is 0 Å². The Kier molecular flexibility index (Phi) is 2.95. The molecule has 2 aromatic carbocycles. The van der Waals surface area contributed by atoms with Crippen LogP contribution in [0, 0.1) is 6.92 Å². The molecule has 5 heteroatoms. The molecule has 0 bridgehead atoms. The summed E-state index contributed by atoms with van der Waals surface area (Å²) in [5.41, 5.74) is 6.43. The van der Waals surface area contributed by atoms with E-state index >= 15 is 0 Å². The smallest absolute Gasteiger partial charge is 0.227 e. The molecule has 0 aliphatic rings. The number of furan rings is 1. The lowest BCUT2D eigenvalue weighted by molar-refractivity contribution is 0.654. The molecule has 6 rings (SSSR count). The van der Waals surface area contributed by atoms with Crippen LogP contribution in [0.1, 0.15) is 5.69 Å². The Hall–Kier alpha value is -3.73. The maximum absolute atomic E-state index is 6.12. The van der Waals surface area contributed by atoms with Crippen molar-refractivity contribution in [1.82, 2.24) is 19.5 Å². The third-order valence-electron chi connectivity index (χ3n) is 5.36. The Morgan fingerprint density at radius 2 is 1.68 bits per heavy atom. The number of benzene rings is 2. The fourth-order valence-corrected chi connectivity index (χ4v) is 4.07. The number of nitrogens with zero attached hydrogens (tertiary/aromatic N) is 4. The highest BCUT2D eigenvalue weighted by Crippen LogP contribution is 2.36. The van der Waals surface area contributed by atoms with Crippen molar-refractivity contribution in [3.8, 4) is 11.4 Å². The van der Waals surface area contributed by atoms with Gasteiger partial charge in [0.15, 0.2) is 0 Å². The highest BCUT2D eigenvalue weighted by atomic mass is 16.3. The Labute approximate surface area is 160 Å². The number of hydrogen-bond acceptors (Lipinski definition) is 4. The lowest BCUT2D eigenvalue weighted by Gasteiger charge is -2.05. The minimum atomic E-state index is 0.647. The van der Waals surface area contributed by atoms with Gasteiger partial charge in [-0.2, -0.15) is 0 Å². The molecule has 134 valence electrons. The standard InChI is InChI=1S/C23H16N4O/c1-13-8-9-16-18(25-13)10-11-19-20(16)27(2)22(26-19)17-6-3-5-14-15-7-4-12-24-23(15)28-21(14)17/h3-12H,1-2H3. The zero-order chi connectivity index (χ0) is 18.8. The van der Waals surface area contributed by atoms with Gasteiger partial charge in [0.05, 0.1) is 22.1 Å². The van der Waals surface area contributed by atoms with Gasteiger partial charge < -0.3 is 8.98 Å². The summed E-state index contributed by atoms with van der Waals surface area (Å²) in [4.78, 5) is 14.0. The number of pyridine rings is 2. The van der Waals surface area contributed by atoms with Crippen LogP contribution in [-0.4, -0.2) is 19.5 Å². The van der Waals surface area contributed by atoms with Crippen LogP contribution in [-0.2, 0) is 7.05 Å². The van der Waals surface area contributed by atoms with Crippen LogP contribution in [0.3, 0.4) is 0 Å². The van der Waals surface area contributed by atoms with Gasteiger partial charge in [-0.15, -0.1) is 0 Å². The first-order valence-corrected chi connectivity index (χ1v) is 9.20. The molecule has 6 aromatic rings. The van der Waals surface area contributed by atoms with Gasteiger partial charge >= 0.3 is 0 Å². The third-order valence-corrected chi connectivity index (χ3v) is 5.36. The molecule has 0 saturated heterocycles. The van der Waals surface area contributed by atoms with Crippen molar-refractivity contribution >= 4 is 44.0 Å². The van der Waals surface area contributed by atoms with E-state index in [0.29, 0.717) is 5.71 Å².